The smallest absolute Gasteiger partial charge is 0.306 e. The number of halogens is 1. The van der Waals surface area contributed by atoms with Gasteiger partial charge >= 0.3 is 5.97 Å². The molecule has 3 heterocycles. The highest BCUT2D eigenvalue weighted by molar-refractivity contribution is 9.10. The van der Waals surface area contributed by atoms with Crippen LogP contribution in [-0.2, 0) is 20.4 Å². The molecule has 0 saturated carbocycles. The number of pyridine rings is 2. The Labute approximate surface area is 266 Å². The topological polar surface area (TPSA) is 81.6 Å². The monoisotopic (exact) mass is 667 g/mol. The highest BCUT2D eigenvalue weighted by Gasteiger charge is 2.45. The van der Waals surface area contributed by atoms with Gasteiger partial charge in [-0.3, -0.25) is 14.6 Å². The van der Waals surface area contributed by atoms with Gasteiger partial charge in [0.05, 0.1) is 18.0 Å². The molecule has 3 aromatic rings. The first kappa shape index (κ1) is 33.3. The normalized spacial score (nSPS) is 19.9. The number of hydrogen-bond donors (Lipinski definition) is 0. The lowest BCUT2D eigenvalue weighted by Gasteiger charge is -2.48. The van der Waals surface area contributed by atoms with Crippen LogP contribution in [0.2, 0.25) is 18.1 Å². The van der Waals surface area contributed by atoms with Crippen LogP contribution >= 0.6 is 15.9 Å². The van der Waals surface area contributed by atoms with E-state index < -0.39 is 13.9 Å². The second-order valence-electron chi connectivity index (χ2n) is 14.4. The van der Waals surface area contributed by atoms with Crippen LogP contribution in [0.15, 0.2) is 53.3 Å². The Morgan fingerprint density at radius 2 is 1.74 bits per heavy atom. The maximum absolute atomic E-state index is 13.5. The fourth-order valence-corrected chi connectivity index (χ4v) is 7.26. The van der Waals surface area contributed by atoms with Crippen LogP contribution in [0.25, 0.3) is 10.9 Å². The highest BCUT2D eigenvalue weighted by atomic mass is 79.9. The molecule has 1 fully saturated rings. The van der Waals surface area contributed by atoms with Gasteiger partial charge in [0.1, 0.15) is 11.3 Å². The van der Waals surface area contributed by atoms with Crippen molar-refractivity contribution in [3.8, 4) is 0 Å². The van der Waals surface area contributed by atoms with E-state index in [1.165, 1.54) is 0 Å². The maximum atomic E-state index is 13.5. The molecule has 1 aliphatic heterocycles. The van der Waals surface area contributed by atoms with Crippen molar-refractivity contribution in [1.82, 2.24) is 9.97 Å². The minimum absolute atomic E-state index is 0.0475. The molecule has 0 unspecified atom stereocenters. The average Bonchev–Trinajstić information content (AvgIpc) is 2.88. The van der Waals surface area contributed by atoms with Crippen LogP contribution in [0, 0.1) is 11.8 Å². The summed E-state index contributed by atoms with van der Waals surface area (Å²) in [5.41, 5.74) is 2.44. The Morgan fingerprint density at radius 3 is 2.42 bits per heavy atom. The zero-order chi connectivity index (χ0) is 31.7. The molecule has 0 amide bonds. The summed E-state index contributed by atoms with van der Waals surface area (Å²) < 4.78 is 13.7. The third-order valence-corrected chi connectivity index (χ3v) is 13.6. The Morgan fingerprint density at radius 1 is 1.05 bits per heavy atom. The number of hydrogen-bond acceptors (Lipinski definition) is 7. The van der Waals surface area contributed by atoms with E-state index in [1.807, 2.05) is 51.1 Å². The summed E-state index contributed by atoms with van der Waals surface area (Å²) in [6.07, 6.45) is 3.92. The van der Waals surface area contributed by atoms with Gasteiger partial charge in [-0.05, 0) is 69.1 Å². The van der Waals surface area contributed by atoms with Gasteiger partial charge in [0.2, 0.25) is 0 Å². The Balaban J connectivity index is 1.60. The molecule has 43 heavy (non-hydrogen) atoms. The molecule has 232 valence electrons. The molecular formula is C34H46BrN3O4Si. The zero-order valence-electron chi connectivity index (χ0n) is 27.0. The van der Waals surface area contributed by atoms with Crippen molar-refractivity contribution < 1.29 is 18.8 Å². The number of ketones is 1. The molecule has 0 spiro atoms. The third kappa shape index (κ3) is 8.31. The number of nitrogens with zero attached hydrogens (tertiary/aromatic N) is 3. The van der Waals surface area contributed by atoms with Gasteiger partial charge in [0.25, 0.3) is 0 Å². The van der Waals surface area contributed by atoms with Crippen molar-refractivity contribution in [1.29, 1.82) is 0 Å². The molecule has 0 aliphatic carbocycles. The van der Waals surface area contributed by atoms with Crippen LogP contribution < -0.4 is 4.90 Å². The van der Waals surface area contributed by atoms with Gasteiger partial charge in [0, 0.05) is 58.9 Å². The molecule has 1 aliphatic rings. The molecule has 1 aromatic carbocycles. The molecule has 2 aromatic heterocycles. The number of esters is 1. The first-order valence-electron chi connectivity index (χ1n) is 15.1. The van der Waals surface area contributed by atoms with Crippen molar-refractivity contribution >= 4 is 52.6 Å². The van der Waals surface area contributed by atoms with Crippen molar-refractivity contribution in [3.05, 3.63) is 64.5 Å². The third-order valence-electron chi connectivity index (χ3n) is 8.58. The lowest BCUT2D eigenvalue weighted by atomic mass is 9.84. The number of Topliss-reactive ketones (excluding diaryl/α,β-unsaturated/α-hetero) is 1. The zero-order valence-corrected chi connectivity index (χ0v) is 29.6. The standard InChI is InChI=1S/C34H46BrN3O4Si/c1-22-20-38(21-25(17-31(40)41-33(2,3)4)32(22)42-43(8,9)34(5,6)7)29-14-15-36-19-24(29)16-30(39)27-13-11-23-10-12-26(35)18-28(23)37-27/h10-15,18-19,22,25,32H,16-17,20-21H2,1-9H3/t22-,25+,32+/m0/s1. The summed E-state index contributed by atoms with van der Waals surface area (Å²) in [5, 5.41) is 1.03. The van der Waals surface area contributed by atoms with Crippen molar-refractivity contribution in [2.24, 2.45) is 11.8 Å². The number of carbonyl (C=O) groups excluding carboxylic acids is 2. The number of rotatable bonds is 8. The van der Waals surface area contributed by atoms with E-state index in [0.717, 1.165) is 33.2 Å². The van der Waals surface area contributed by atoms with Crippen molar-refractivity contribution in [3.63, 3.8) is 0 Å². The Kier molecular flexibility index (Phi) is 9.89. The van der Waals surface area contributed by atoms with E-state index in [2.05, 4.69) is 71.6 Å². The number of fused-ring (bicyclic) bond motifs is 1. The second kappa shape index (κ2) is 12.8. The number of ether oxygens (including phenoxy) is 1. The fraction of sp³-hybridized carbons (Fsp3) is 0.529. The van der Waals surface area contributed by atoms with E-state index in [9.17, 15) is 9.59 Å². The van der Waals surface area contributed by atoms with Crippen LogP contribution in [0.4, 0.5) is 5.69 Å². The van der Waals surface area contributed by atoms with Crippen molar-refractivity contribution in [2.45, 2.75) is 91.1 Å². The number of anilines is 1. The molecule has 0 radical (unpaired) electrons. The van der Waals surface area contributed by atoms with Gasteiger partial charge in [-0.15, -0.1) is 0 Å². The largest absolute Gasteiger partial charge is 0.460 e. The summed E-state index contributed by atoms with van der Waals surface area (Å²) in [6, 6.07) is 11.6. The molecule has 7 nitrogen and oxygen atoms in total. The number of carbonyl (C=O) groups is 2. The SMILES string of the molecule is C[C@H]1CN(c2ccncc2CC(=O)c2ccc3ccc(Br)cc3n2)C[C@@H](CC(=O)OC(C)(C)C)[C@@H]1O[Si](C)(C)C(C)(C)C. The molecular weight excluding hydrogens is 622 g/mol. The Bertz CT molecular complexity index is 1480. The predicted molar refractivity (Wildman–Crippen MR) is 179 cm³/mol. The first-order chi connectivity index (χ1) is 19.9. The molecule has 1 saturated heterocycles. The molecule has 3 atom stereocenters. The van der Waals surface area contributed by atoms with E-state index in [1.54, 1.807) is 18.5 Å². The van der Waals surface area contributed by atoms with Gasteiger partial charge in [-0.1, -0.05) is 55.8 Å². The predicted octanol–water partition coefficient (Wildman–Crippen LogP) is 8.01. The van der Waals surface area contributed by atoms with E-state index >= 15 is 0 Å². The minimum Gasteiger partial charge on any atom is -0.460 e. The van der Waals surface area contributed by atoms with Gasteiger partial charge in [-0.25, -0.2) is 4.98 Å². The summed E-state index contributed by atoms with van der Waals surface area (Å²) in [7, 11) is -2.10. The highest BCUT2D eigenvalue weighted by Crippen LogP contribution is 2.41. The molecule has 4 rings (SSSR count). The van der Waals surface area contributed by atoms with Crippen LogP contribution in [0.1, 0.15) is 70.9 Å². The van der Waals surface area contributed by atoms with E-state index in [4.69, 9.17) is 9.16 Å². The average molecular weight is 669 g/mol. The number of aromatic nitrogens is 2. The van der Waals surface area contributed by atoms with Gasteiger partial charge in [0.15, 0.2) is 14.1 Å². The quantitative estimate of drug-likeness (QED) is 0.137. The molecule has 0 N–H and O–H groups in total. The molecule has 9 heteroatoms. The van der Waals surface area contributed by atoms with Crippen LogP contribution in [-0.4, -0.2) is 54.8 Å². The Hall–Kier alpha value is -2.62. The minimum atomic E-state index is -2.10. The van der Waals surface area contributed by atoms with Crippen LogP contribution in [0.5, 0.6) is 0 Å². The van der Waals surface area contributed by atoms with Crippen molar-refractivity contribution in [2.75, 3.05) is 18.0 Å². The number of piperidine rings is 1. The van der Waals surface area contributed by atoms with Gasteiger partial charge < -0.3 is 14.1 Å². The summed E-state index contributed by atoms with van der Waals surface area (Å²) >= 11 is 3.50. The number of benzene rings is 1. The summed E-state index contributed by atoms with van der Waals surface area (Å²) in [5.74, 6) is -0.183. The molecule has 0 bridgehead atoms. The van der Waals surface area contributed by atoms with Gasteiger partial charge in [-0.2, -0.15) is 0 Å². The first-order valence-corrected chi connectivity index (χ1v) is 18.8. The second-order valence-corrected chi connectivity index (χ2v) is 20.1. The maximum Gasteiger partial charge on any atom is 0.306 e. The lowest BCUT2D eigenvalue weighted by Crippen LogP contribution is -2.55. The fourth-order valence-electron chi connectivity index (χ4n) is 5.46. The van der Waals surface area contributed by atoms with Crippen LogP contribution in [0.3, 0.4) is 0 Å². The summed E-state index contributed by atoms with van der Waals surface area (Å²) in [6.45, 7) is 20.5. The van der Waals surface area contributed by atoms with E-state index in [-0.39, 0.29) is 47.6 Å². The van der Waals surface area contributed by atoms with E-state index in [0.29, 0.717) is 12.2 Å². The lowest BCUT2D eigenvalue weighted by molar-refractivity contribution is -0.157. The summed E-state index contributed by atoms with van der Waals surface area (Å²) in [4.78, 5) is 37.9.